The van der Waals surface area contributed by atoms with Gasteiger partial charge in [-0.05, 0) is 12.1 Å². The Bertz CT molecular complexity index is 525. The SMILES string of the molecule is Clc1cc2c(cc1NCc1ccco1)OCO2. The summed E-state index contributed by atoms with van der Waals surface area (Å²) in [6.07, 6.45) is 1.64. The maximum atomic E-state index is 6.12. The highest BCUT2D eigenvalue weighted by molar-refractivity contribution is 6.33. The standard InChI is InChI=1S/C12H10ClNO3/c13-9-4-11-12(17-7-16-11)5-10(9)14-6-8-2-1-3-15-8/h1-5,14H,6-7H2. The van der Waals surface area contributed by atoms with E-state index in [1.807, 2.05) is 18.2 Å². The Balaban J connectivity index is 1.79. The van der Waals surface area contributed by atoms with Gasteiger partial charge in [0.05, 0.1) is 23.5 Å². The number of anilines is 1. The Morgan fingerprint density at radius 2 is 2.06 bits per heavy atom. The molecule has 0 saturated heterocycles. The lowest BCUT2D eigenvalue weighted by atomic mass is 10.2. The van der Waals surface area contributed by atoms with E-state index in [-0.39, 0.29) is 6.79 Å². The molecule has 1 N–H and O–H groups in total. The fraction of sp³-hybridized carbons (Fsp3) is 0.167. The second-order valence-corrected chi connectivity index (χ2v) is 4.03. The van der Waals surface area contributed by atoms with E-state index in [1.54, 1.807) is 12.3 Å². The van der Waals surface area contributed by atoms with E-state index in [2.05, 4.69) is 5.32 Å². The molecule has 1 aliphatic rings. The summed E-state index contributed by atoms with van der Waals surface area (Å²) in [7, 11) is 0. The van der Waals surface area contributed by atoms with Crippen LogP contribution in [0, 0.1) is 0 Å². The highest BCUT2D eigenvalue weighted by atomic mass is 35.5. The molecule has 0 saturated carbocycles. The first kappa shape index (κ1) is 10.4. The highest BCUT2D eigenvalue weighted by Crippen LogP contribution is 2.39. The first-order valence-electron chi connectivity index (χ1n) is 5.18. The van der Waals surface area contributed by atoms with E-state index in [1.165, 1.54) is 0 Å². The number of furan rings is 1. The molecule has 2 heterocycles. The number of rotatable bonds is 3. The summed E-state index contributed by atoms with van der Waals surface area (Å²) in [4.78, 5) is 0. The molecule has 3 rings (SSSR count). The molecule has 0 fully saturated rings. The van der Waals surface area contributed by atoms with Crippen LogP contribution in [0.15, 0.2) is 34.9 Å². The molecule has 0 atom stereocenters. The molecule has 0 unspecified atom stereocenters. The van der Waals surface area contributed by atoms with Crippen molar-refractivity contribution in [2.75, 3.05) is 12.1 Å². The average Bonchev–Trinajstić information content (AvgIpc) is 2.95. The average molecular weight is 252 g/mol. The summed E-state index contributed by atoms with van der Waals surface area (Å²) in [5.74, 6) is 2.23. The molecule has 1 aromatic heterocycles. The number of hydrogen-bond donors (Lipinski definition) is 1. The van der Waals surface area contributed by atoms with Crippen molar-refractivity contribution >= 4 is 17.3 Å². The molecule has 0 radical (unpaired) electrons. The second-order valence-electron chi connectivity index (χ2n) is 3.62. The Morgan fingerprint density at radius 3 is 2.82 bits per heavy atom. The minimum Gasteiger partial charge on any atom is -0.467 e. The molecule has 2 aromatic rings. The summed E-state index contributed by atoms with van der Waals surface area (Å²) in [5.41, 5.74) is 0.798. The van der Waals surface area contributed by atoms with Crippen molar-refractivity contribution in [2.24, 2.45) is 0 Å². The molecule has 88 valence electrons. The molecular weight excluding hydrogens is 242 g/mol. The number of hydrogen-bond acceptors (Lipinski definition) is 4. The number of nitrogens with one attached hydrogen (secondary N) is 1. The fourth-order valence-corrected chi connectivity index (χ4v) is 1.87. The van der Waals surface area contributed by atoms with Gasteiger partial charge in [0.2, 0.25) is 6.79 Å². The quantitative estimate of drug-likeness (QED) is 0.909. The van der Waals surface area contributed by atoms with E-state index < -0.39 is 0 Å². The molecule has 0 spiro atoms. The van der Waals surface area contributed by atoms with Gasteiger partial charge in [-0.15, -0.1) is 0 Å². The summed E-state index contributed by atoms with van der Waals surface area (Å²) in [6.45, 7) is 0.819. The molecule has 4 nitrogen and oxygen atoms in total. The predicted molar refractivity (Wildman–Crippen MR) is 63.6 cm³/mol. The topological polar surface area (TPSA) is 43.6 Å². The third kappa shape index (κ3) is 2.03. The van der Waals surface area contributed by atoms with Gasteiger partial charge in [-0.25, -0.2) is 0 Å². The zero-order valence-corrected chi connectivity index (χ0v) is 9.66. The van der Waals surface area contributed by atoms with Crippen LogP contribution in [0.2, 0.25) is 5.02 Å². The van der Waals surface area contributed by atoms with Gasteiger partial charge in [0.25, 0.3) is 0 Å². The number of benzene rings is 1. The van der Waals surface area contributed by atoms with E-state index in [0.29, 0.717) is 23.1 Å². The number of ether oxygens (including phenoxy) is 2. The van der Waals surface area contributed by atoms with E-state index in [9.17, 15) is 0 Å². The van der Waals surface area contributed by atoms with Gasteiger partial charge in [0.15, 0.2) is 11.5 Å². The van der Waals surface area contributed by atoms with Crippen LogP contribution in [-0.2, 0) is 6.54 Å². The second kappa shape index (κ2) is 4.22. The predicted octanol–water partition coefficient (Wildman–Crippen LogP) is 3.27. The lowest BCUT2D eigenvalue weighted by Crippen LogP contribution is -1.98. The van der Waals surface area contributed by atoms with Gasteiger partial charge in [0.1, 0.15) is 5.76 Å². The van der Waals surface area contributed by atoms with Crippen molar-refractivity contribution in [2.45, 2.75) is 6.54 Å². The number of fused-ring (bicyclic) bond motifs is 1. The smallest absolute Gasteiger partial charge is 0.231 e. The lowest BCUT2D eigenvalue weighted by Gasteiger charge is -2.07. The van der Waals surface area contributed by atoms with Crippen LogP contribution in [0.5, 0.6) is 11.5 Å². The first-order valence-corrected chi connectivity index (χ1v) is 5.56. The largest absolute Gasteiger partial charge is 0.467 e. The van der Waals surface area contributed by atoms with Crippen LogP contribution in [0.3, 0.4) is 0 Å². The van der Waals surface area contributed by atoms with Crippen LogP contribution >= 0.6 is 11.6 Å². The van der Waals surface area contributed by atoms with Gasteiger partial charge < -0.3 is 19.2 Å². The van der Waals surface area contributed by atoms with Gasteiger partial charge in [-0.2, -0.15) is 0 Å². The molecular formula is C12H10ClNO3. The molecule has 5 heteroatoms. The lowest BCUT2D eigenvalue weighted by molar-refractivity contribution is 0.174. The molecule has 0 bridgehead atoms. The number of halogens is 1. The van der Waals surface area contributed by atoms with Gasteiger partial charge in [0, 0.05) is 12.1 Å². The van der Waals surface area contributed by atoms with Crippen LogP contribution in [0.25, 0.3) is 0 Å². The third-order valence-electron chi connectivity index (χ3n) is 2.50. The molecule has 0 aliphatic carbocycles. The maximum absolute atomic E-state index is 6.12. The summed E-state index contributed by atoms with van der Waals surface area (Å²) >= 11 is 6.12. The van der Waals surface area contributed by atoms with Crippen molar-refractivity contribution in [1.29, 1.82) is 0 Å². The molecule has 17 heavy (non-hydrogen) atoms. The van der Waals surface area contributed by atoms with E-state index >= 15 is 0 Å². The zero-order chi connectivity index (χ0) is 11.7. The van der Waals surface area contributed by atoms with E-state index in [4.69, 9.17) is 25.5 Å². The van der Waals surface area contributed by atoms with Crippen molar-refractivity contribution < 1.29 is 13.9 Å². The normalized spacial score (nSPS) is 12.8. The van der Waals surface area contributed by atoms with Gasteiger partial charge in [-0.1, -0.05) is 11.6 Å². The van der Waals surface area contributed by atoms with Crippen molar-refractivity contribution in [3.8, 4) is 11.5 Å². The minimum atomic E-state index is 0.243. The maximum Gasteiger partial charge on any atom is 0.231 e. The summed E-state index contributed by atoms with van der Waals surface area (Å²) < 4.78 is 15.7. The summed E-state index contributed by atoms with van der Waals surface area (Å²) in [6, 6.07) is 7.31. The Labute approximate surface area is 103 Å². The summed E-state index contributed by atoms with van der Waals surface area (Å²) in [5, 5.41) is 3.78. The molecule has 1 aliphatic heterocycles. The third-order valence-corrected chi connectivity index (χ3v) is 2.81. The Morgan fingerprint density at radius 1 is 1.24 bits per heavy atom. The van der Waals surface area contributed by atoms with Crippen molar-refractivity contribution in [1.82, 2.24) is 0 Å². The van der Waals surface area contributed by atoms with Crippen LogP contribution < -0.4 is 14.8 Å². The Hall–Kier alpha value is -1.81. The highest BCUT2D eigenvalue weighted by Gasteiger charge is 2.16. The zero-order valence-electron chi connectivity index (χ0n) is 8.90. The van der Waals surface area contributed by atoms with Crippen LogP contribution in [-0.4, -0.2) is 6.79 Å². The fourth-order valence-electron chi connectivity index (χ4n) is 1.65. The van der Waals surface area contributed by atoms with Crippen molar-refractivity contribution in [3.63, 3.8) is 0 Å². The minimum absolute atomic E-state index is 0.243. The van der Waals surface area contributed by atoms with E-state index in [0.717, 1.165) is 11.4 Å². The van der Waals surface area contributed by atoms with Crippen molar-refractivity contribution in [3.05, 3.63) is 41.3 Å². The first-order chi connectivity index (χ1) is 8.33. The van der Waals surface area contributed by atoms with Gasteiger partial charge in [-0.3, -0.25) is 0 Å². The van der Waals surface area contributed by atoms with Gasteiger partial charge >= 0.3 is 0 Å². The molecule has 0 amide bonds. The molecule has 1 aromatic carbocycles. The Kier molecular flexibility index (Phi) is 2.57. The van der Waals surface area contributed by atoms with Crippen LogP contribution in [0.4, 0.5) is 5.69 Å². The monoisotopic (exact) mass is 251 g/mol. The van der Waals surface area contributed by atoms with Crippen LogP contribution in [0.1, 0.15) is 5.76 Å².